The molecule has 33 heavy (non-hydrogen) atoms. The van der Waals surface area contributed by atoms with Crippen molar-refractivity contribution >= 4 is 17.4 Å². The van der Waals surface area contributed by atoms with Gasteiger partial charge in [0.05, 0.1) is 25.7 Å². The molecular formula is C27H32N2O4. The Kier molecular flexibility index (Phi) is 8.44. The summed E-state index contributed by atoms with van der Waals surface area (Å²) in [7, 11) is 0. The summed E-state index contributed by atoms with van der Waals surface area (Å²) >= 11 is 0. The summed E-state index contributed by atoms with van der Waals surface area (Å²) in [5, 5.41) is 13.3. The number of carbonyl (C=O) groups is 2. The molecule has 0 saturated carbocycles. The van der Waals surface area contributed by atoms with Crippen LogP contribution >= 0.6 is 0 Å². The van der Waals surface area contributed by atoms with Crippen molar-refractivity contribution in [1.82, 2.24) is 4.90 Å². The van der Waals surface area contributed by atoms with E-state index in [2.05, 4.69) is 20.4 Å². The Balaban J connectivity index is 1.98. The predicted octanol–water partition coefficient (Wildman–Crippen LogP) is 1.79. The molecule has 6 heteroatoms. The van der Waals surface area contributed by atoms with Crippen molar-refractivity contribution in [3.63, 3.8) is 0 Å². The zero-order chi connectivity index (χ0) is 23.8. The molecule has 1 aliphatic heterocycles. The van der Waals surface area contributed by atoms with Crippen LogP contribution in [0.2, 0.25) is 0 Å². The molecule has 174 valence electrons. The number of hydrogen-bond donors (Lipinski definition) is 1. The van der Waals surface area contributed by atoms with E-state index in [-0.39, 0.29) is 5.57 Å². The predicted molar refractivity (Wildman–Crippen MR) is 126 cm³/mol. The van der Waals surface area contributed by atoms with Crippen LogP contribution in [0, 0.1) is 0 Å². The van der Waals surface area contributed by atoms with Crippen LogP contribution < -0.4 is 14.7 Å². The first kappa shape index (κ1) is 24.3. The number of Topliss-reactive ketones (excluding diaryl/α,β-unsaturated/α-hetero) is 1. The van der Waals surface area contributed by atoms with Gasteiger partial charge in [-0.25, -0.2) is 0 Å². The van der Waals surface area contributed by atoms with Gasteiger partial charge in [0.15, 0.2) is 0 Å². The summed E-state index contributed by atoms with van der Waals surface area (Å²) < 4.78 is 5.56. The number of hydrogen-bond acceptors (Lipinski definition) is 4. The molecule has 0 bridgehead atoms. The maximum atomic E-state index is 13.3. The van der Waals surface area contributed by atoms with Gasteiger partial charge in [0.2, 0.25) is 5.78 Å². The quantitative estimate of drug-likeness (QED) is 0.246. The molecule has 1 atom stereocenters. The van der Waals surface area contributed by atoms with Crippen molar-refractivity contribution in [1.29, 1.82) is 0 Å². The highest BCUT2D eigenvalue weighted by molar-refractivity contribution is 6.46. The molecule has 0 radical (unpaired) electrons. The van der Waals surface area contributed by atoms with E-state index in [1.165, 1.54) is 4.90 Å². The lowest BCUT2D eigenvalue weighted by Gasteiger charge is -2.28. The van der Waals surface area contributed by atoms with Crippen LogP contribution in [0.3, 0.4) is 0 Å². The summed E-state index contributed by atoms with van der Waals surface area (Å²) in [6.45, 7) is 11.6. The number of nitrogens with one attached hydrogen (secondary N) is 1. The molecular weight excluding hydrogens is 416 g/mol. The van der Waals surface area contributed by atoms with Gasteiger partial charge < -0.3 is 19.6 Å². The largest absolute Gasteiger partial charge is 0.872 e. The maximum Gasteiger partial charge on any atom is 0.295 e. The van der Waals surface area contributed by atoms with Crippen molar-refractivity contribution in [2.45, 2.75) is 26.3 Å². The van der Waals surface area contributed by atoms with Crippen molar-refractivity contribution in [2.24, 2.45) is 0 Å². The normalized spacial score (nSPS) is 17.5. The Labute approximate surface area is 195 Å². The number of ketones is 1. The third-order valence-corrected chi connectivity index (χ3v) is 6.06. The Morgan fingerprint density at radius 1 is 1.09 bits per heavy atom. The van der Waals surface area contributed by atoms with Crippen LogP contribution in [-0.4, -0.2) is 49.4 Å². The molecule has 1 amide bonds. The second-order valence-electron chi connectivity index (χ2n) is 8.07. The van der Waals surface area contributed by atoms with Crippen molar-refractivity contribution in [2.75, 3.05) is 32.8 Å². The molecule has 1 N–H and O–H groups in total. The van der Waals surface area contributed by atoms with Crippen LogP contribution in [-0.2, 0) is 9.59 Å². The molecule has 0 spiro atoms. The maximum absolute atomic E-state index is 13.3. The summed E-state index contributed by atoms with van der Waals surface area (Å²) in [6, 6.07) is 15.1. The van der Waals surface area contributed by atoms with Gasteiger partial charge in [0.1, 0.15) is 12.4 Å². The lowest BCUT2D eigenvalue weighted by Crippen LogP contribution is -3.11. The average molecular weight is 449 g/mol. The summed E-state index contributed by atoms with van der Waals surface area (Å²) in [4.78, 5) is 29.0. The lowest BCUT2D eigenvalue weighted by molar-refractivity contribution is -0.896. The molecule has 1 fully saturated rings. The van der Waals surface area contributed by atoms with E-state index in [0.717, 1.165) is 31.6 Å². The van der Waals surface area contributed by atoms with E-state index >= 15 is 0 Å². The van der Waals surface area contributed by atoms with Crippen molar-refractivity contribution in [3.05, 3.63) is 84.0 Å². The molecule has 0 aromatic heterocycles. The standard InChI is InChI=1S/C27H32N2O4/c1-4-19-33-22-15-13-20(14-16-22)24-23(25(30)21-11-8-7-9-12-21)26(31)27(32)29(24)18-10-17-28(5-2)6-3/h4,7-9,11-16,24,30H,1,5-6,10,17-19H2,2-3H3. The number of ether oxygens (including phenoxy) is 1. The van der Waals surface area contributed by atoms with Crippen LogP contribution in [0.1, 0.15) is 37.4 Å². The summed E-state index contributed by atoms with van der Waals surface area (Å²) in [5.41, 5.74) is 1.13. The van der Waals surface area contributed by atoms with Gasteiger partial charge >= 0.3 is 0 Å². The highest BCUT2D eigenvalue weighted by Gasteiger charge is 2.43. The zero-order valence-corrected chi connectivity index (χ0v) is 19.4. The first-order valence-corrected chi connectivity index (χ1v) is 11.5. The molecule has 6 nitrogen and oxygen atoms in total. The van der Waals surface area contributed by atoms with Crippen molar-refractivity contribution < 1.29 is 24.3 Å². The zero-order valence-electron chi connectivity index (χ0n) is 19.4. The van der Waals surface area contributed by atoms with Gasteiger partial charge in [-0.15, -0.1) is 0 Å². The van der Waals surface area contributed by atoms with Crippen LogP contribution in [0.15, 0.2) is 72.8 Å². The first-order valence-electron chi connectivity index (χ1n) is 11.5. The second kappa shape index (κ2) is 11.5. The highest BCUT2D eigenvalue weighted by atomic mass is 16.5. The van der Waals surface area contributed by atoms with Gasteiger partial charge in [0.25, 0.3) is 5.91 Å². The van der Waals surface area contributed by atoms with E-state index in [1.807, 2.05) is 18.2 Å². The molecule has 2 aromatic rings. The molecule has 1 unspecified atom stereocenters. The van der Waals surface area contributed by atoms with E-state index in [1.54, 1.807) is 47.4 Å². The third-order valence-electron chi connectivity index (χ3n) is 6.06. The minimum absolute atomic E-state index is 0.0150. The van der Waals surface area contributed by atoms with Gasteiger partial charge in [-0.2, -0.15) is 0 Å². The SMILES string of the molecule is C=CCOc1ccc(C2C(=C([O-])c3ccccc3)C(=O)C(=O)N2CCC[NH+](CC)CC)cc1. The van der Waals surface area contributed by atoms with Crippen LogP contribution in [0.25, 0.3) is 5.76 Å². The minimum atomic E-state index is -0.712. The molecule has 1 aliphatic rings. The molecule has 0 aliphatic carbocycles. The van der Waals surface area contributed by atoms with Gasteiger partial charge in [-0.3, -0.25) is 9.59 Å². The van der Waals surface area contributed by atoms with Crippen LogP contribution in [0.5, 0.6) is 5.75 Å². The Bertz CT molecular complexity index is 995. The summed E-state index contributed by atoms with van der Waals surface area (Å²) in [5.74, 6) is -1.07. The molecule has 1 saturated heterocycles. The number of nitrogens with zero attached hydrogens (tertiary/aromatic N) is 1. The van der Waals surface area contributed by atoms with E-state index in [9.17, 15) is 14.7 Å². The lowest BCUT2D eigenvalue weighted by atomic mass is 9.95. The van der Waals surface area contributed by atoms with Gasteiger partial charge in [-0.05, 0) is 37.1 Å². The number of amides is 1. The number of quaternary nitrogens is 1. The van der Waals surface area contributed by atoms with E-state index in [0.29, 0.717) is 24.5 Å². The van der Waals surface area contributed by atoms with Gasteiger partial charge in [-0.1, -0.05) is 60.9 Å². The Hall–Kier alpha value is -3.38. The highest BCUT2D eigenvalue weighted by Crippen LogP contribution is 2.39. The molecule has 1 heterocycles. The van der Waals surface area contributed by atoms with E-state index < -0.39 is 23.5 Å². The first-order chi connectivity index (χ1) is 16.0. The van der Waals surface area contributed by atoms with E-state index in [4.69, 9.17) is 4.74 Å². The Morgan fingerprint density at radius 2 is 1.76 bits per heavy atom. The molecule has 2 aromatic carbocycles. The minimum Gasteiger partial charge on any atom is -0.872 e. The fourth-order valence-corrected chi connectivity index (χ4v) is 4.20. The third kappa shape index (κ3) is 5.52. The number of benzene rings is 2. The fraction of sp³-hybridized carbons (Fsp3) is 0.333. The second-order valence-corrected chi connectivity index (χ2v) is 8.07. The fourth-order valence-electron chi connectivity index (χ4n) is 4.20. The van der Waals surface area contributed by atoms with Crippen LogP contribution in [0.4, 0.5) is 0 Å². The average Bonchev–Trinajstić information content (AvgIpc) is 3.10. The topological polar surface area (TPSA) is 74.1 Å². The molecule has 3 rings (SSSR count). The number of likely N-dealkylation sites (tertiary alicyclic amines) is 1. The monoisotopic (exact) mass is 448 g/mol. The number of carbonyl (C=O) groups excluding carboxylic acids is 2. The number of rotatable bonds is 11. The smallest absolute Gasteiger partial charge is 0.295 e. The summed E-state index contributed by atoms with van der Waals surface area (Å²) in [6.07, 6.45) is 2.41. The Morgan fingerprint density at radius 3 is 2.36 bits per heavy atom. The van der Waals surface area contributed by atoms with Gasteiger partial charge in [0, 0.05) is 18.5 Å². The van der Waals surface area contributed by atoms with Crippen molar-refractivity contribution in [3.8, 4) is 5.75 Å².